The first kappa shape index (κ1) is 13.0. The van der Waals surface area contributed by atoms with Crippen LogP contribution in [-0.2, 0) is 0 Å². The number of hydrogen-bond acceptors (Lipinski definition) is 3. The van der Waals surface area contributed by atoms with Crippen LogP contribution in [-0.4, -0.2) is 11.3 Å². The number of ether oxygens (including phenoxy) is 1. The number of benzene rings is 2. The van der Waals surface area contributed by atoms with Gasteiger partial charge in [-0.2, -0.15) is 0 Å². The van der Waals surface area contributed by atoms with Crippen LogP contribution in [0.4, 0.5) is 11.4 Å². The number of hydrogen-bond donors (Lipinski definition) is 1. The van der Waals surface area contributed by atoms with E-state index < -0.39 is 6.23 Å². The van der Waals surface area contributed by atoms with Crippen molar-refractivity contribution in [3.8, 4) is 5.75 Å². The highest BCUT2D eigenvalue weighted by Crippen LogP contribution is 2.45. The van der Waals surface area contributed by atoms with Gasteiger partial charge in [-0.3, -0.25) is 0 Å². The minimum absolute atomic E-state index is 0.0465. The zero-order chi connectivity index (χ0) is 14.3. The average molecular weight is 269 g/mol. The Kier molecular flexibility index (Phi) is 3.14. The van der Waals surface area contributed by atoms with Crippen LogP contribution in [0.2, 0.25) is 0 Å². The van der Waals surface area contributed by atoms with Crippen molar-refractivity contribution in [1.29, 1.82) is 0 Å². The van der Waals surface area contributed by atoms with Crippen molar-refractivity contribution in [2.45, 2.75) is 33.1 Å². The normalized spacial score (nSPS) is 18.6. The summed E-state index contributed by atoms with van der Waals surface area (Å²) in [5, 5.41) is 10.3. The van der Waals surface area contributed by atoms with E-state index in [-0.39, 0.29) is 6.10 Å². The fourth-order valence-electron chi connectivity index (χ4n) is 2.86. The second kappa shape index (κ2) is 4.84. The molecule has 3 nitrogen and oxygen atoms in total. The zero-order valence-corrected chi connectivity index (χ0v) is 12.0. The largest absolute Gasteiger partial charge is 0.484 e. The van der Waals surface area contributed by atoms with E-state index >= 15 is 0 Å². The smallest absolute Gasteiger partial charge is 0.143 e. The molecular formula is C17H19NO2. The first-order chi connectivity index (χ1) is 9.59. The number of anilines is 2. The summed E-state index contributed by atoms with van der Waals surface area (Å²) in [5.41, 5.74) is 4.18. The second-order valence-corrected chi connectivity index (χ2v) is 5.24. The highest BCUT2D eigenvalue weighted by Gasteiger charge is 2.28. The van der Waals surface area contributed by atoms with Gasteiger partial charge in [0.2, 0.25) is 0 Å². The first-order valence-electron chi connectivity index (χ1n) is 6.92. The van der Waals surface area contributed by atoms with Gasteiger partial charge >= 0.3 is 0 Å². The van der Waals surface area contributed by atoms with E-state index in [4.69, 9.17) is 4.74 Å². The van der Waals surface area contributed by atoms with E-state index in [1.807, 2.05) is 42.2 Å². The Labute approximate surface area is 119 Å². The van der Waals surface area contributed by atoms with Gasteiger partial charge < -0.3 is 14.7 Å². The quantitative estimate of drug-likeness (QED) is 0.851. The molecule has 0 aromatic heterocycles. The van der Waals surface area contributed by atoms with Crippen molar-refractivity contribution in [1.82, 2.24) is 0 Å². The van der Waals surface area contributed by atoms with Crippen molar-refractivity contribution < 1.29 is 9.84 Å². The van der Waals surface area contributed by atoms with Crippen LogP contribution in [0.1, 0.15) is 31.1 Å². The number of aryl methyl sites for hydroxylation is 1. The molecule has 0 amide bonds. The number of rotatable bonds is 1. The molecule has 104 valence electrons. The van der Waals surface area contributed by atoms with Gasteiger partial charge in [0.25, 0.3) is 0 Å². The van der Waals surface area contributed by atoms with E-state index in [1.165, 1.54) is 0 Å². The molecule has 0 bridgehead atoms. The SMILES string of the molecule is Cc1cccc2c1N(C(C)O)c1ccccc1OC2C. The number of aliphatic hydroxyl groups is 1. The molecule has 20 heavy (non-hydrogen) atoms. The zero-order valence-electron chi connectivity index (χ0n) is 12.0. The Hall–Kier alpha value is -2.00. The molecule has 2 aromatic carbocycles. The molecule has 1 N–H and O–H groups in total. The molecule has 1 aliphatic rings. The van der Waals surface area contributed by atoms with Crippen LogP contribution in [0, 0.1) is 6.92 Å². The maximum Gasteiger partial charge on any atom is 0.143 e. The van der Waals surface area contributed by atoms with Crippen LogP contribution < -0.4 is 9.64 Å². The van der Waals surface area contributed by atoms with Crippen molar-refractivity contribution >= 4 is 11.4 Å². The van der Waals surface area contributed by atoms with Crippen LogP contribution >= 0.6 is 0 Å². The molecule has 2 aromatic rings. The molecule has 1 heterocycles. The lowest BCUT2D eigenvalue weighted by Gasteiger charge is -2.30. The fourth-order valence-corrected chi connectivity index (χ4v) is 2.86. The topological polar surface area (TPSA) is 32.7 Å². The summed E-state index contributed by atoms with van der Waals surface area (Å²) >= 11 is 0. The van der Waals surface area contributed by atoms with Crippen LogP contribution in [0.3, 0.4) is 0 Å². The standard InChI is InChI=1S/C17H19NO2/c1-11-7-6-8-14-12(2)20-16-10-5-4-9-15(16)18(13(3)19)17(11)14/h4-10,12-13,19H,1-3H3. The molecule has 3 heteroatoms. The highest BCUT2D eigenvalue weighted by molar-refractivity contribution is 5.75. The summed E-state index contributed by atoms with van der Waals surface area (Å²) in [5.74, 6) is 0.802. The highest BCUT2D eigenvalue weighted by atomic mass is 16.5. The van der Waals surface area contributed by atoms with Crippen molar-refractivity contribution in [3.05, 3.63) is 53.6 Å². The van der Waals surface area contributed by atoms with Gasteiger partial charge in [-0.25, -0.2) is 0 Å². The molecule has 0 saturated heterocycles. The first-order valence-corrected chi connectivity index (χ1v) is 6.92. The molecule has 0 saturated carbocycles. The second-order valence-electron chi connectivity index (χ2n) is 5.24. The Morgan fingerprint density at radius 1 is 1.15 bits per heavy atom. The van der Waals surface area contributed by atoms with Gasteiger partial charge in [-0.15, -0.1) is 0 Å². The van der Waals surface area contributed by atoms with Crippen molar-refractivity contribution in [3.63, 3.8) is 0 Å². The van der Waals surface area contributed by atoms with Crippen molar-refractivity contribution in [2.24, 2.45) is 0 Å². The monoisotopic (exact) mass is 269 g/mol. The molecule has 2 atom stereocenters. The molecule has 0 fully saturated rings. The third-order valence-corrected chi connectivity index (χ3v) is 3.75. The molecule has 1 aliphatic heterocycles. The van der Waals surface area contributed by atoms with Gasteiger partial charge in [-0.05, 0) is 38.5 Å². The van der Waals surface area contributed by atoms with E-state index in [9.17, 15) is 5.11 Å². The third-order valence-electron chi connectivity index (χ3n) is 3.75. The summed E-state index contributed by atoms with van der Waals surface area (Å²) < 4.78 is 6.07. The average Bonchev–Trinajstić information content (AvgIpc) is 2.54. The van der Waals surface area contributed by atoms with Gasteiger partial charge in [-0.1, -0.05) is 30.3 Å². The maximum atomic E-state index is 10.3. The van der Waals surface area contributed by atoms with Gasteiger partial charge in [0.05, 0.1) is 11.4 Å². The lowest BCUT2D eigenvalue weighted by atomic mass is 10.0. The lowest BCUT2D eigenvalue weighted by Crippen LogP contribution is -2.28. The predicted molar refractivity (Wildman–Crippen MR) is 80.5 cm³/mol. The van der Waals surface area contributed by atoms with E-state index in [2.05, 4.69) is 19.1 Å². The Balaban J connectivity index is 2.31. The molecular weight excluding hydrogens is 250 g/mol. The Morgan fingerprint density at radius 3 is 2.65 bits per heavy atom. The molecule has 0 aliphatic carbocycles. The molecule has 0 spiro atoms. The summed E-state index contributed by atoms with van der Waals surface area (Å²) in [6.45, 7) is 5.89. The minimum atomic E-state index is -0.620. The number of aliphatic hydroxyl groups excluding tert-OH is 1. The summed E-state index contributed by atoms with van der Waals surface area (Å²) in [6.07, 6.45) is -0.667. The molecule has 2 unspecified atom stereocenters. The summed E-state index contributed by atoms with van der Waals surface area (Å²) in [4.78, 5) is 1.95. The van der Waals surface area contributed by atoms with Gasteiger partial charge in [0, 0.05) is 5.56 Å². The molecule has 0 radical (unpaired) electrons. The maximum absolute atomic E-state index is 10.3. The van der Waals surface area contributed by atoms with E-state index in [0.717, 1.165) is 28.3 Å². The fraction of sp³-hybridized carbons (Fsp3) is 0.294. The van der Waals surface area contributed by atoms with Crippen LogP contribution in [0.25, 0.3) is 0 Å². The number of fused-ring (bicyclic) bond motifs is 2. The Morgan fingerprint density at radius 2 is 1.90 bits per heavy atom. The predicted octanol–water partition coefficient (Wildman–Crippen LogP) is 3.92. The summed E-state index contributed by atoms with van der Waals surface area (Å²) in [6, 6.07) is 14.0. The van der Waals surface area contributed by atoms with E-state index in [1.54, 1.807) is 6.92 Å². The minimum Gasteiger partial charge on any atom is -0.484 e. The lowest BCUT2D eigenvalue weighted by molar-refractivity contribution is 0.200. The van der Waals surface area contributed by atoms with Crippen LogP contribution in [0.15, 0.2) is 42.5 Å². The van der Waals surface area contributed by atoms with Gasteiger partial charge in [0.1, 0.15) is 18.1 Å². The third kappa shape index (κ3) is 1.95. The number of para-hydroxylation sites is 3. The molecule has 3 rings (SSSR count). The Bertz CT molecular complexity index is 637. The van der Waals surface area contributed by atoms with E-state index in [0.29, 0.717) is 0 Å². The van der Waals surface area contributed by atoms with Gasteiger partial charge in [0.15, 0.2) is 0 Å². The number of nitrogens with zero attached hydrogens (tertiary/aromatic N) is 1. The van der Waals surface area contributed by atoms with Crippen molar-refractivity contribution in [2.75, 3.05) is 4.90 Å². The summed E-state index contributed by atoms with van der Waals surface area (Å²) in [7, 11) is 0. The van der Waals surface area contributed by atoms with Crippen LogP contribution in [0.5, 0.6) is 5.75 Å².